The van der Waals surface area contributed by atoms with Gasteiger partial charge in [-0.05, 0) is 0 Å². The normalized spacial score (nSPS) is 13.1. The van der Waals surface area contributed by atoms with Gasteiger partial charge in [-0.25, -0.2) is 9.78 Å². The number of rotatable bonds is 2. The van der Waals surface area contributed by atoms with Crippen molar-refractivity contribution in [2.75, 3.05) is 38.4 Å². The molecular weight excluding hydrogens is 226 g/mol. The van der Waals surface area contributed by atoms with Gasteiger partial charge in [0, 0.05) is 7.05 Å². The maximum atomic E-state index is 11.5. The van der Waals surface area contributed by atoms with Crippen molar-refractivity contribution < 1.29 is 19.0 Å². The van der Waals surface area contributed by atoms with Crippen LogP contribution in [0.25, 0.3) is 0 Å². The number of anilines is 2. The van der Waals surface area contributed by atoms with Gasteiger partial charge in [0.25, 0.3) is 0 Å². The van der Waals surface area contributed by atoms with Crippen LogP contribution in [0.1, 0.15) is 10.5 Å². The predicted molar refractivity (Wildman–Crippen MR) is 60.5 cm³/mol. The fraction of sp³-hybridized carbons (Fsp3) is 0.400. The summed E-state index contributed by atoms with van der Waals surface area (Å²) >= 11 is 0. The zero-order chi connectivity index (χ0) is 12.4. The first kappa shape index (κ1) is 11.3. The van der Waals surface area contributed by atoms with Crippen LogP contribution in [0.15, 0.2) is 0 Å². The van der Waals surface area contributed by atoms with Gasteiger partial charge in [-0.2, -0.15) is 0 Å². The first-order valence-electron chi connectivity index (χ1n) is 5.04. The zero-order valence-electron chi connectivity index (χ0n) is 9.57. The van der Waals surface area contributed by atoms with Crippen molar-refractivity contribution in [2.24, 2.45) is 0 Å². The average Bonchev–Trinajstić information content (AvgIpc) is 2.37. The summed E-state index contributed by atoms with van der Waals surface area (Å²) in [6.45, 7) is 0.748. The van der Waals surface area contributed by atoms with E-state index in [0.717, 1.165) is 0 Å². The Balaban J connectivity index is 2.62. The Morgan fingerprint density at radius 3 is 2.65 bits per heavy atom. The third kappa shape index (κ3) is 1.79. The molecule has 0 saturated carbocycles. The van der Waals surface area contributed by atoms with E-state index in [1.54, 1.807) is 7.05 Å². The van der Waals surface area contributed by atoms with Gasteiger partial charge in [-0.3, -0.25) is 0 Å². The minimum Gasteiger partial charge on any atom is -0.484 e. The highest BCUT2D eigenvalue weighted by Gasteiger charge is 2.27. The quantitative estimate of drug-likeness (QED) is 0.715. The highest BCUT2D eigenvalue weighted by atomic mass is 16.6. The minimum atomic E-state index is -0.610. The van der Waals surface area contributed by atoms with E-state index in [1.165, 1.54) is 7.11 Å². The summed E-state index contributed by atoms with van der Waals surface area (Å²) in [4.78, 5) is 15.5. The van der Waals surface area contributed by atoms with E-state index >= 15 is 0 Å². The van der Waals surface area contributed by atoms with Gasteiger partial charge in [0.2, 0.25) is 0 Å². The van der Waals surface area contributed by atoms with Gasteiger partial charge in [0.15, 0.2) is 23.0 Å². The van der Waals surface area contributed by atoms with Crippen molar-refractivity contribution in [2.45, 2.75) is 0 Å². The number of methoxy groups -OCH3 is 1. The fourth-order valence-corrected chi connectivity index (χ4v) is 1.60. The average molecular weight is 239 g/mol. The number of fused-ring (bicyclic) bond motifs is 1. The number of pyridine rings is 1. The van der Waals surface area contributed by atoms with Crippen LogP contribution in [0, 0.1) is 0 Å². The van der Waals surface area contributed by atoms with Crippen molar-refractivity contribution in [3.63, 3.8) is 0 Å². The summed E-state index contributed by atoms with van der Waals surface area (Å²) in [7, 11) is 2.95. The Morgan fingerprint density at radius 2 is 2.06 bits per heavy atom. The van der Waals surface area contributed by atoms with Gasteiger partial charge in [-0.15, -0.1) is 0 Å². The third-order valence-corrected chi connectivity index (χ3v) is 2.34. The maximum absolute atomic E-state index is 11.5. The lowest BCUT2D eigenvalue weighted by Crippen LogP contribution is -2.21. The number of nitrogens with one attached hydrogen (secondary N) is 1. The Morgan fingerprint density at radius 1 is 1.41 bits per heavy atom. The summed E-state index contributed by atoms with van der Waals surface area (Å²) < 4.78 is 15.5. The van der Waals surface area contributed by atoms with Crippen molar-refractivity contribution in [1.29, 1.82) is 0 Å². The molecule has 0 saturated heterocycles. The van der Waals surface area contributed by atoms with Crippen LogP contribution in [0.3, 0.4) is 0 Å². The van der Waals surface area contributed by atoms with E-state index < -0.39 is 5.97 Å². The molecular formula is C10H13N3O4. The molecule has 0 aliphatic carbocycles. The van der Waals surface area contributed by atoms with Crippen LogP contribution < -0.4 is 20.5 Å². The van der Waals surface area contributed by atoms with Gasteiger partial charge in [0.05, 0.1) is 7.11 Å². The highest BCUT2D eigenvalue weighted by molar-refractivity contribution is 5.94. The van der Waals surface area contributed by atoms with Crippen LogP contribution >= 0.6 is 0 Å². The Bertz CT molecular complexity index is 461. The molecule has 0 bridgehead atoms. The molecule has 0 fully saturated rings. The van der Waals surface area contributed by atoms with Crippen LogP contribution in [-0.4, -0.2) is 38.3 Å². The van der Waals surface area contributed by atoms with Crippen molar-refractivity contribution in [1.82, 2.24) is 4.98 Å². The number of esters is 1. The number of carbonyl (C=O) groups is 1. The van der Waals surface area contributed by atoms with Crippen LogP contribution in [-0.2, 0) is 4.74 Å². The number of hydrogen-bond acceptors (Lipinski definition) is 7. The molecule has 1 aromatic rings. The van der Waals surface area contributed by atoms with E-state index in [4.69, 9.17) is 15.2 Å². The highest BCUT2D eigenvalue weighted by Crippen LogP contribution is 2.42. The summed E-state index contributed by atoms with van der Waals surface area (Å²) in [5.74, 6) is 0.214. The molecule has 0 atom stereocenters. The van der Waals surface area contributed by atoms with Crippen LogP contribution in [0.4, 0.5) is 11.5 Å². The predicted octanol–water partition coefficient (Wildman–Crippen LogP) is 0.263. The number of nitrogens with two attached hydrogens (primary N) is 1. The van der Waals surface area contributed by atoms with Crippen LogP contribution in [0.5, 0.6) is 11.5 Å². The summed E-state index contributed by atoms with van der Waals surface area (Å²) in [5, 5.41) is 2.86. The van der Waals surface area contributed by atoms with E-state index in [1.807, 2.05) is 0 Å². The Hall–Kier alpha value is -2.18. The number of hydrogen-bond donors (Lipinski definition) is 2. The molecule has 0 aromatic carbocycles. The lowest BCUT2D eigenvalue weighted by molar-refractivity contribution is 0.0583. The van der Waals surface area contributed by atoms with Crippen molar-refractivity contribution in [3.05, 3.63) is 5.69 Å². The number of carbonyl (C=O) groups excluding carboxylic acids is 1. The maximum Gasteiger partial charge on any atom is 0.360 e. The molecule has 7 heteroatoms. The number of nitrogens with zero attached hydrogens (tertiary/aromatic N) is 1. The van der Waals surface area contributed by atoms with E-state index in [2.05, 4.69) is 15.0 Å². The van der Waals surface area contributed by atoms with Crippen molar-refractivity contribution in [3.8, 4) is 11.5 Å². The molecule has 0 radical (unpaired) electrons. The number of aromatic nitrogens is 1. The molecule has 92 valence electrons. The second kappa shape index (κ2) is 4.36. The third-order valence-electron chi connectivity index (χ3n) is 2.34. The lowest BCUT2D eigenvalue weighted by Gasteiger charge is -2.23. The molecule has 0 unspecified atom stereocenters. The lowest BCUT2D eigenvalue weighted by atomic mass is 10.2. The second-order valence-corrected chi connectivity index (χ2v) is 3.32. The van der Waals surface area contributed by atoms with Gasteiger partial charge < -0.3 is 25.3 Å². The molecule has 2 rings (SSSR count). The molecule has 0 amide bonds. The topological polar surface area (TPSA) is 95.7 Å². The summed E-state index contributed by atoms with van der Waals surface area (Å²) in [6.07, 6.45) is 0. The van der Waals surface area contributed by atoms with Gasteiger partial charge >= 0.3 is 5.97 Å². The molecule has 1 aromatic heterocycles. The van der Waals surface area contributed by atoms with Gasteiger partial charge in [0.1, 0.15) is 18.9 Å². The molecule has 3 N–H and O–H groups in total. The first-order chi connectivity index (χ1) is 8.19. The summed E-state index contributed by atoms with van der Waals surface area (Å²) in [6, 6.07) is 0. The Labute approximate surface area is 97.9 Å². The fourth-order valence-electron chi connectivity index (χ4n) is 1.60. The van der Waals surface area contributed by atoms with E-state index in [0.29, 0.717) is 24.7 Å². The van der Waals surface area contributed by atoms with Crippen LogP contribution in [0.2, 0.25) is 0 Å². The SMILES string of the molecule is CNc1c(N)nc(C(=O)OC)c2c1OCCO2. The molecule has 1 aliphatic heterocycles. The Kier molecular flexibility index (Phi) is 2.90. The minimum absolute atomic E-state index is 0.0266. The number of nitrogen functional groups attached to an aromatic ring is 1. The van der Waals surface area contributed by atoms with E-state index in [9.17, 15) is 4.79 Å². The monoisotopic (exact) mass is 239 g/mol. The molecule has 0 spiro atoms. The standard InChI is InChI=1S/C10H13N3O4/c1-12-5-7-8(17-4-3-16-7)6(10(14)15-2)13-9(5)11/h12H,3-4H2,1-2H3,(H2,11,13). The second-order valence-electron chi connectivity index (χ2n) is 3.32. The van der Waals surface area contributed by atoms with Gasteiger partial charge in [-0.1, -0.05) is 0 Å². The largest absolute Gasteiger partial charge is 0.484 e. The number of ether oxygens (including phenoxy) is 3. The molecule has 2 heterocycles. The molecule has 7 nitrogen and oxygen atoms in total. The van der Waals surface area contributed by atoms with Crippen molar-refractivity contribution >= 4 is 17.5 Å². The zero-order valence-corrected chi connectivity index (χ0v) is 9.57. The summed E-state index contributed by atoms with van der Waals surface area (Å²) in [5.41, 5.74) is 6.26. The first-order valence-corrected chi connectivity index (χ1v) is 5.04. The molecule has 17 heavy (non-hydrogen) atoms. The molecule has 1 aliphatic rings. The smallest absolute Gasteiger partial charge is 0.360 e. The van der Waals surface area contributed by atoms with E-state index in [-0.39, 0.29) is 17.3 Å².